The van der Waals surface area contributed by atoms with Gasteiger partial charge in [0.1, 0.15) is 13.0 Å². The molecule has 2 aromatic carbocycles. The molecule has 2 rings (SSSR count). The van der Waals surface area contributed by atoms with Gasteiger partial charge in [0.25, 0.3) is 5.91 Å². The fourth-order valence-electron chi connectivity index (χ4n) is 2.14. The Hall–Kier alpha value is -3.13. The number of amides is 1. The van der Waals surface area contributed by atoms with Crippen LogP contribution in [0.2, 0.25) is 0 Å². The third kappa shape index (κ3) is 5.95. The van der Waals surface area contributed by atoms with Crippen LogP contribution in [0.4, 0.5) is 0 Å². The summed E-state index contributed by atoms with van der Waals surface area (Å²) >= 11 is 2.10. The smallest absolute Gasteiger partial charge is 0.335 e. The predicted molar refractivity (Wildman–Crippen MR) is 109 cm³/mol. The van der Waals surface area contributed by atoms with E-state index < -0.39 is 11.9 Å². The largest absolute Gasteiger partial charge is 0.493 e. The summed E-state index contributed by atoms with van der Waals surface area (Å²) in [6, 6.07) is 11.6. The molecule has 0 aliphatic carbocycles. The highest BCUT2D eigenvalue weighted by Gasteiger charge is 2.12. The number of nitriles is 1. The standard InChI is InChI=1S/C19H16IN3O5/c1-27-16-9-13(10-22-23-17(24)6-7-21)8-15(20)18(16)28-11-12-2-4-14(5-3-12)19(25)26/h2-5,8-10H,6,11H2,1H3,(H,23,24)(H,25,26). The van der Waals surface area contributed by atoms with Crippen molar-refractivity contribution in [2.75, 3.05) is 7.11 Å². The van der Waals surface area contributed by atoms with Crippen molar-refractivity contribution in [1.82, 2.24) is 5.43 Å². The summed E-state index contributed by atoms with van der Waals surface area (Å²) in [7, 11) is 1.51. The van der Waals surface area contributed by atoms with Gasteiger partial charge in [-0.15, -0.1) is 0 Å². The molecule has 2 N–H and O–H groups in total. The molecule has 0 bridgehead atoms. The van der Waals surface area contributed by atoms with Crippen LogP contribution in [0.5, 0.6) is 11.5 Å². The Morgan fingerprint density at radius 2 is 2.04 bits per heavy atom. The van der Waals surface area contributed by atoms with Crippen molar-refractivity contribution >= 4 is 40.7 Å². The van der Waals surface area contributed by atoms with Crippen LogP contribution >= 0.6 is 22.6 Å². The molecule has 8 nitrogen and oxygen atoms in total. The number of nitrogens with one attached hydrogen (secondary N) is 1. The number of benzene rings is 2. The SMILES string of the molecule is COc1cc(C=NNC(=O)CC#N)cc(I)c1OCc1ccc(C(=O)O)cc1. The molecule has 0 atom stereocenters. The Bertz CT molecular complexity index is 936. The summed E-state index contributed by atoms with van der Waals surface area (Å²) in [4.78, 5) is 22.1. The first-order valence-corrected chi connectivity index (χ1v) is 9.04. The average Bonchev–Trinajstić information content (AvgIpc) is 2.67. The number of hydrogen-bond donors (Lipinski definition) is 2. The number of carboxylic acid groups (broad SMARTS) is 1. The molecule has 0 radical (unpaired) electrons. The number of hydrazone groups is 1. The van der Waals surface area contributed by atoms with E-state index in [9.17, 15) is 9.59 Å². The van der Waals surface area contributed by atoms with Crippen LogP contribution in [-0.4, -0.2) is 30.3 Å². The topological polar surface area (TPSA) is 121 Å². The molecule has 28 heavy (non-hydrogen) atoms. The number of carbonyl (C=O) groups excluding carboxylic acids is 1. The maximum Gasteiger partial charge on any atom is 0.335 e. The van der Waals surface area contributed by atoms with Gasteiger partial charge in [-0.05, 0) is 58.0 Å². The molecule has 0 aliphatic heterocycles. The van der Waals surface area contributed by atoms with E-state index in [0.29, 0.717) is 17.1 Å². The summed E-state index contributed by atoms with van der Waals surface area (Å²) < 4.78 is 12.0. The molecule has 1 amide bonds. The second kappa shape index (κ2) is 10.3. The maximum atomic E-state index is 11.2. The summed E-state index contributed by atoms with van der Waals surface area (Å²) in [6.07, 6.45) is 1.17. The van der Waals surface area contributed by atoms with E-state index in [-0.39, 0.29) is 18.6 Å². The van der Waals surface area contributed by atoms with Crippen LogP contribution in [-0.2, 0) is 11.4 Å². The zero-order valence-corrected chi connectivity index (χ0v) is 17.0. The first-order chi connectivity index (χ1) is 13.4. The maximum absolute atomic E-state index is 11.2. The Morgan fingerprint density at radius 1 is 1.32 bits per heavy atom. The Labute approximate surface area is 174 Å². The first-order valence-electron chi connectivity index (χ1n) is 7.96. The Balaban J connectivity index is 2.10. The second-order valence-electron chi connectivity index (χ2n) is 5.45. The van der Waals surface area contributed by atoms with E-state index >= 15 is 0 Å². The summed E-state index contributed by atoms with van der Waals surface area (Å²) in [5.41, 5.74) is 3.96. The predicted octanol–water partition coefficient (Wildman–Crippen LogP) is 2.94. The lowest BCUT2D eigenvalue weighted by Crippen LogP contribution is -2.16. The number of ether oxygens (including phenoxy) is 2. The summed E-state index contributed by atoms with van der Waals surface area (Å²) in [6.45, 7) is 0.240. The van der Waals surface area contributed by atoms with Crippen LogP contribution in [0.3, 0.4) is 0 Å². The molecule has 9 heteroatoms. The van der Waals surface area contributed by atoms with Gasteiger partial charge in [-0.1, -0.05) is 12.1 Å². The van der Waals surface area contributed by atoms with E-state index in [0.717, 1.165) is 9.13 Å². The highest BCUT2D eigenvalue weighted by Crippen LogP contribution is 2.34. The zero-order valence-electron chi connectivity index (χ0n) is 14.8. The van der Waals surface area contributed by atoms with Crippen molar-refractivity contribution in [2.24, 2.45) is 5.10 Å². The van der Waals surface area contributed by atoms with Crippen molar-refractivity contribution < 1.29 is 24.2 Å². The van der Waals surface area contributed by atoms with E-state index in [2.05, 4.69) is 33.1 Å². The van der Waals surface area contributed by atoms with Gasteiger partial charge < -0.3 is 14.6 Å². The van der Waals surface area contributed by atoms with Gasteiger partial charge >= 0.3 is 5.97 Å². The van der Waals surface area contributed by atoms with Crippen molar-refractivity contribution in [2.45, 2.75) is 13.0 Å². The van der Waals surface area contributed by atoms with Crippen LogP contribution in [0, 0.1) is 14.9 Å². The number of nitrogens with zero attached hydrogens (tertiary/aromatic N) is 2. The van der Waals surface area contributed by atoms with Gasteiger partial charge in [0.15, 0.2) is 11.5 Å². The van der Waals surface area contributed by atoms with Gasteiger partial charge in [0, 0.05) is 0 Å². The molecular formula is C19H16IN3O5. The average molecular weight is 493 g/mol. The molecule has 0 saturated heterocycles. The second-order valence-corrected chi connectivity index (χ2v) is 6.62. The monoisotopic (exact) mass is 493 g/mol. The van der Waals surface area contributed by atoms with Crippen LogP contribution in [0.25, 0.3) is 0 Å². The Morgan fingerprint density at radius 3 is 2.64 bits per heavy atom. The molecule has 0 spiro atoms. The number of carboxylic acids is 1. The number of hydrogen-bond acceptors (Lipinski definition) is 6. The Kier molecular flexibility index (Phi) is 7.76. The molecule has 0 saturated carbocycles. The molecule has 2 aromatic rings. The minimum Gasteiger partial charge on any atom is -0.493 e. The first kappa shape index (κ1) is 21.2. The van der Waals surface area contributed by atoms with Gasteiger partial charge in [-0.3, -0.25) is 4.79 Å². The molecule has 0 aliphatic rings. The van der Waals surface area contributed by atoms with Gasteiger partial charge in [-0.25, -0.2) is 10.2 Å². The quantitative estimate of drug-likeness (QED) is 0.332. The molecular weight excluding hydrogens is 477 g/mol. The zero-order chi connectivity index (χ0) is 20.5. The van der Waals surface area contributed by atoms with Crippen molar-refractivity contribution in [3.8, 4) is 17.6 Å². The number of aromatic carboxylic acids is 1. The van der Waals surface area contributed by atoms with E-state index in [1.54, 1.807) is 30.3 Å². The highest BCUT2D eigenvalue weighted by molar-refractivity contribution is 14.1. The van der Waals surface area contributed by atoms with Crippen LogP contribution < -0.4 is 14.9 Å². The summed E-state index contributed by atoms with van der Waals surface area (Å²) in [5, 5.41) is 21.2. The summed E-state index contributed by atoms with van der Waals surface area (Å²) in [5.74, 6) is -0.450. The fourth-order valence-corrected chi connectivity index (χ4v) is 2.92. The molecule has 0 aromatic heterocycles. The number of carbonyl (C=O) groups is 2. The van der Waals surface area contributed by atoms with Crippen LogP contribution in [0.1, 0.15) is 27.9 Å². The molecule has 0 unspecified atom stereocenters. The minimum absolute atomic E-state index is 0.210. The lowest BCUT2D eigenvalue weighted by molar-refractivity contribution is -0.120. The van der Waals surface area contributed by atoms with Gasteiger partial charge in [0.05, 0.1) is 28.5 Å². The molecule has 144 valence electrons. The molecule has 0 fully saturated rings. The highest BCUT2D eigenvalue weighted by atomic mass is 127. The van der Waals surface area contributed by atoms with Crippen molar-refractivity contribution in [3.63, 3.8) is 0 Å². The van der Waals surface area contributed by atoms with Crippen molar-refractivity contribution in [3.05, 3.63) is 56.7 Å². The number of rotatable bonds is 8. The van der Waals surface area contributed by atoms with Gasteiger partial charge in [0.2, 0.25) is 0 Å². The third-order valence-electron chi connectivity index (χ3n) is 3.48. The van der Waals surface area contributed by atoms with E-state index in [1.165, 1.54) is 25.5 Å². The molecule has 0 heterocycles. The van der Waals surface area contributed by atoms with Crippen LogP contribution in [0.15, 0.2) is 41.5 Å². The third-order valence-corrected chi connectivity index (χ3v) is 4.28. The number of methoxy groups -OCH3 is 1. The van der Waals surface area contributed by atoms with E-state index in [4.69, 9.17) is 19.8 Å². The fraction of sp³-hybridized carbons (Fsp3) is 0.158. The van der Waals surface area contributed by atoms with E-state index in [1.807, 2.05) is 0 Å². The number of halogens is 1. The normalized spacial score (nSPS) is 10.3. The lowest BCUT2D eigenvalue weighted by atomic mass is 10.1. The van der Waals surface area contributed by atoms with Gasteiger partial charge in [-0.2, -0.15) is 10.4 Å². The van der Waals surface area contributed by atoms with Crippen molar-refractivity contribution in [1.29, 1.82) is 5.26 Å². The lowest BCUT2D eigenvalue weighted by Gasteiger charge is -2.13. The minimum atomic E-state index is -0.982.